The first-order chi connectivity index (χ1) is 12.5. The number of carbonyl (C=O) groups excluding carboxylic acids is 1. The first-order valence-electron chi connectivity index (χ1n) is 8.23. The number of hydrogen-bond acceptors (Lipinski definition) is 4. The molecule has 0 spiro atoms. The molecule has 2 aromatic heterocycles. The van der Waals surface area contributed by atoms with Crippen molar-refractivity contribution >= 4 is 17.5 Å². The van der Waals surface area contributed by atoms with Gasteiger partial charge in [0.1, 0.15) is 5.02 Å². The van der Waals surface area contributed by atoms with E-state index < -0.39 is 0 Å². The van der Waals surface area contributed by atoms with Gasteiger partial charge in [-0.05, 0) is 37.6 Å². The number of nitrogens with one attached hydrogen (secondary N) is 1. The van der Waals surface area contributed by atoms with Crippen LogP contribution in [0.3, 0.4) is 0 Å². The Bertz CT molecular complexity index is 894. The number of benzene rings is 1. The fraction of sp³-hybridized carbons (Fsp3) is 0.211. The summed E-state index contributed by atoms with van der Waals surface area (Å²) in [5, 5.41) is 7.43. The standard InChI is InChI=1S/C19H19ClN4O2/c1-13(2)26-19-16(20)10-15(12-22-19)18(25)21-11-14-6-3-4-7-17(14)24-9-5-8-23-24/h3-10,12-13H,11H2,1-2H3,(H,21,25). The summed E-state index contributed by atoms with van der Waals surface area (Å²) < 4.78 is 7.24. The van der Waals surface area contributed by atoms with Crippen molar-refractivity contribution in [3.63, 3.8) is 0 Å². The van der Waals surface area contributed by atoms with Crippen molar-refractivity contribution in [3.05, 3.63) is 71.1 Å². The van der Waals surface area contributed by atoms with Gasteiger partial charge in [-0.25, -0.2) is 9.67 Å². The zero-order chi connectivity index (χ0) is 18.5. The zero-order valence-corrected chi connectivity index (χ0v) is 15.3. The normalized spacial score (nSPS) is 10.8. The van der Waals surface area contributed by atoms with Gasteiger partial charge in [0.15, 0.2) is 0 Å². The van der Waals surface area contributed by atoms with E-state index in [4.69, 9.17) is 16.3 Å². The van der Waals surface area contributed by atoms with Crippen LogP contribution in [0, 0.1) is 0 Å². The van der Waals surface area contributed by atoms with Crippen molar-refractivity contribution in [1.29, 1.82) is 0 Å². The van der Waals surface area contributed by atoms with E-state index in [1.165, 1.54) is 6.20 Å². The molecule has 26 heavy (non-hydrogen) atoms. The van der Waals surface area contributed by atoms with Gasteiger partial charge in [0.25, 0.3) is 5.91 Å². The highest BCUT2D eigenvalue weighted by Gasteiger charge is 2.13. The molecular formula is C19H19ClN4O2. The Morgan fingerprint density at radius 1 is 1.31 bits per heavy atom. The topological polar surface area (TPSA) is 69.0 Å². The van der Waals surface area contributed by atoms with Gasteiger partial charge in [-0.3, -0.25) is 4.79 Å². The van der Waals surface area contributed by atoms with Crippen molar-refractivity contribution < 1.29 is 9.53 Å². The predicted molar refractivity (Wildman–Crippen MR) is 99.7 cm³/mol. The fourth-order valence-corrected chi connectivity index (χ4v) is 2.64. The lowest BCUT2D eigenvalue weighted by molar-refractivity contribution is 0.0950. The highest BCUT2D eigenvalue weighted by molar-refractivity contribution is 6.32. The molecule has 0 fully saturated rings. The van der Waals surface area contributed by atoms with Crippen LogP contribution in [-0.4, -0.2) is 26.8 Å². The van der Waals surface area contributed by atoms with Crippen LogP contribution >= 0.6 is 11.6 Å². The van der Waals surface area contributed by atoms with E-state index in [0.717, 1.165) is 11.3 Å². The van der Waals surface area contributed by atoms with Gasteiger partial charge < -0.3 is 10.1 Å². The molecule has 3 aromatic rings. The number of para-hydroxylation sites is 1. The summed E-state index contributed by atoms with van der Waals surface area (Å²) in [6.07, 6.45) is 4.98. The second-order valence-electron chi connectivity index (χ2n) is 5.94. The molecule has 0 aliphatic carbocycles. The zero-order valence-electron chi connectivity index (χ0n) is 14.5. The second kappa shape index (κ2) is 8.01. The lowest BCUT2D eigenvalue weighted by Crippen LogP contribution is -2.24. The van der Waals surface area contributed by atoms with Gasteiger partial charge in [-0.15, -0.1) is 0 Å². The molecule has 0 bridgehead atoms. The van der Waals surface area contributed by atoms with E-state index in [1.54, 1.807) is 16.9 Å². The summed E-state index contributed by atoms with van der Waals surface area (Å²) in [4.78, 5) is 16.6. The van der Waals surface area contributed by atoms with Gasteiger partial charge in [0.05, 0.1) is 17.4 Å². The Labute approximate surface area is 156 Å². The fourth-order valence-electron chi connectivity index (χ4n) is 2.43. The van der Waals surface area contributed by atoms with Crippen LogP contribution < -0.4 is 10.1 Å². The van der Waals surface area contributed by atoms with Crippen LogP contribution in [0.1, 0.15) is 29.8 Å². The third kappa shape index (κ3) is 4.21. The molecule has 7 heteroatoms. The summed E-state index contributed by atoms with van der Waals surface area (Å²) in [5.74, 6) is 0.0630. The summed E-state index contributed by atoms with van der Waals surface area (Å²) in [5.41, 5.74) is 2.24. The van der Waals surface area contributed by atoms with E-state index in [9.17, 15) is 4.79 Å². The van der Waals surface area contributed by atoms with Crippen LogP contribution in [0.15, 0.2) is 55.0 Å². The monoisotopic (exact) mass is 370 g/mol. The SMILES string of the molecule is CC(C)Oc1ncc(C(=O)NCc2ccccc2-n2cccn2)cc1Cl. The molecule has 1 N–H and O–H groups in total. The molecule has 0 aliphatic rings. The summed E-state index contributed by atoms with van der Waals surface area (Å²) in [6.45, 7) is 4.13. The molecule has 1 aromatic carbocycles. The Morgan fingerprint density at radius 2 is 2.12 bits per heavy atom. The Hall–Kier alpha value is -2.86. The molecule has 2 heterocycles. The molecule has 1 amide bonds. The highest BCUT2D eigenvalue weighted by Crippen LogP contribution is 2.23. The summed E-state index contributed by atoms with van der Waals surface area (Å²) in [6, 6.07) is 11.2. The van der Waals surface area contributed by atoms with E-state index >= 15 is 0 Å². The number of rotatable bonds is 6. The van der Waals surface area contributed by atoms with Crippen LogP contribution in [0.4, 0.5) is 0 Å². The number of carbonyl (C=O) groups is 1. The number of aromatic nitrogens is 3. The number of nitrogens with zero attached hydrogens (tertiary/aromatic N) is 3. The van der Waals surface area contributed by atoms with Crippen molar-refractivity contribution in [2.75, 3.05) is 0 Å². The van der Waals surface area contributed by atoms with E-state index in [2.05, 4.69) is 15.4 Å². The minimum absolute atomic E-state index is 0.0431. The first-order valence-corrected chi connectivity index (χ1v) is 8.60. The minimum atomic E-state index is -0.259. The first kappa shape index (κ1) is 17.9. The average Bonchev–Trinajstić information content (AvgIpc) is 3.16. The molecule has 0 saturated carbocycles. The number of ether oxygens (including phenoxy) is 1. The van der Waals surface area contributed by atoms with Crippen LogP contribution in [0.5, 0.6) is 5.88 Å². The predicted octanol–water partition coefficient (Wildman–Crippen LogP) is 3.64. The largest absolute Gasteiger partial charge is 0.474 e. The average molecular weight is 371 g/mol. The molecule has 134 valence electrons. The van der Waals surface area contributed by atoms with Crippen molar-refractivity contribution in [2.45, 2.75) is 26.5 Å². The molecular weight excluding hydrogens is 352 g/mol. The Balaban J connectivity index is 1.71. The smallest absolute Gasteiger partial charge is 0.253 e. The van der Waals surface area contributed by atoms with E-state index in [1.807, 2.05) is 50.4 Å². The van der Waals surface area contributed by atoms with E-state index in [-0.39, 0.29) is 12.0 Å². The molecule has 0 aliphatic heterocycles. The number of amides is 1. The van der Waals surface area contributed by atoms with Crippen LogP contribution in [0.25, 0.3) is 5.69 Å². The molecule has 0 atom stereocenters. The number of hydrogen-bond donors (Lipinski definition) is 1. The maximum atomic E-state index is 12.4. The third-order valence-electron chi connectivity index (χ3n) is 3.60. The lowest BCUT2D eigenvalue weighted by Gasteiger charge is -2.12. The molecule has 6 nitrogen and oxygen atoms in total. The van der Waals surface area contributed by atoms with Gasteiger partial charge in [-0.2, -0.15) is 5.10 Å². The molecule has 3 rings (SSSR count). The van der Waals surface area contributed by atoms with Crippen molar-refractivity contribution in [3.8, 4) is 11.6 Å². The minimum Gasteiger partial charge on any atom is -0.474 e. The number of halogens is 1. The molecule has 0 radical (unpaired) electrons. The van der Waals surface area contributed by atoms with Gasteiger partial charge in [0, 0.05) is 25.1 Å². The lowest BCUT2D eigenvalue weighted by atomic mass is 10.1. The Kier molecular flexibility index (Phi) is 5.53. The van der Waals surface area contributed by atoms with E-state index in [0.29, 0.717) is 23.0 Å². The maximum Gasteiger partial charge on any atom is 0.253 e. The van der Waals surface area contributed by atoms with Crippen LogP contribution in [0.2, 0.25) is 5.02 Å². The van der Waals surface area contributed by atoms with Crippen molar-refractivity contribution in [1.82, 2.24) is 20.1 Å². The third-order valence-corrected chi connectivity index (χ3v) is 3.87. The van der Waals surface area contributed by atoms with Gasteiger partial charge in [-0.1, -0.05) is 29.8 Å². The van der Waals surface area contributed by atoms with Gasteiger partial charge >= 0.3 is 0 Å². The van der Waals surface area contributed by atoms with Gasteiger partial charge in [0.2, 0.25) is 5.88 Å². The molecule has 0 saturated heterocycles. The summed E-state index contributed by atoms with van der Waals surface area (Å²) >= 11 is 6.15. The summed E-state index contributed by atoms with van der Waals surface area (Å²) in [7, 11) is 0. The highest BCUT2D eigenvalue weighted by atomic mass is 35.5. The quantitative estimate of drug-likeness (QED) is 0.719. The second-order valence-corrected chi connectivity index (χ2v) is 6.35. The van der Waals surface area contributed by atoms with Crippen molar-refractivity contribution in [2.24, 2.45) is 0 Å². The Morgan fingerprint density at radius 3 is 2.81 bits per heavy atom. The maximum absolute atomic E-state index is 12.4. The van der Waals surface area contributed by atoms with Crippen LogP contribution in [-0.2, 0) is 6.54 Å². The number of pyridine rings is 1. The molecule has 0 unspecified atom stereocenters.